The fraction of sp³-hybridized carbons (Fsp3) is 0.767. The zero-order valence-corrected chi connectivity index (χ0v) is 23.2. The molecule has 1 aliphatic heterocycles. The van der Waals surface area contributed by atoms with E-state index in [4.69, 9.17) is 9.47 Å². The third kappa shape index (κ3) is 12.4. The van der Waals surface area contributed by atoms with Crippen molar-refractivity contribution in [3.63, 3.8) is 0 Å². The van der Waals surface area contributed by atoms with Gasteiger partial charge in [0.2, 0.25) is 5.91 Å². The highest BCUT2D eigenvalue weighted by Crippen LogP contribution is 2.33. The van der Waals surface area contributed by atoms with Gasteiger partial charge in [0.1, 0.15) is 19.3 Å². The monoisotopic (exact) mass is 504 g/mol. The molecule has 36 heavy (non-hydrogen) atoms. The van der Waals surface area contributed by atoms with Crippen LogP contribution in [-0.4, -0.2) is 42.9 Å². The molecule has 2 atom stereocenters. The van der Waals surface area contributed by atoms with E-state index in [1.807, 2.05) is 18.2 Å². The summed E-state index contributed by atoms with van der Waals surface area (Å²) in [6, 6.07) is 5.34. The topological polar surface area (TPSA) is 79.8 Å². The number of ether oxygens (including phenoxy) is 2. The summed E-state index contributed by atoms with van der Waals surface area (Å²) in [5, 5.41) is 17.5. The Balaban J connectivity index is 1.65. The van der Waals surface area contributed by atoms with Crippen molar-refractivity contribution in [2.24, 2.45) is 0 Å². The molecule has 6 heteroatoms. The van der Waals surface area contributed by atoms with Crippen LogP contribution in [0.5, 0.6) is 11.5 Å². The van der Waals surface area contributed by atoms with Gasteiger partial charge in [-0.05, 0) is 24.1 Å². The van der Waals surface area contributed by atoms with E-state index in [1.165, 1.54) is 70.6 Å². The highest BCUT2D eigenvalue weighted by molar-refractivity contribution is 5.76. The van der Waals surface area contributed by atoms with Gasteiger partial charge in [0.15, 0.2) is 11.5 Å². The Morgan fingerprint density at radius 2 is 1.42 bits per heavy atom. The first-order valence-electron chi connectivity index (χ1n) is 14.6. The van der Waals surface area contributed by atoms with Gasteiger partial charge >= 0.3 is 0 Å². The Kier molecular flexibility index (Phi) is 15.6. The molecule has 6 nitrogen and oxygen atoms in total. The van der Waals surface area contributed by atoms with Gasteiger partial charge in [-0.3, -0.25) is 4.79 Å². The van der Waals surface area contributed by atoms with Crippen LogP contribution in [0.25, 0.3) is 0 Å². The molecule has 0 aliphatic carbocycles. The number of carbonyl (C=O) groups excluding carboxylic acids is 1. The molecule has 1 amide bonds. The van der Waals surface area contributed by atoms with Crippen molar-refractivity contribution in [1.82, 2.24) is 10.6 Å². The van der Waals surface area contributed by atoms with E-state index in [-0.39, 0.29) is 11.9 Å². The number of hydrogen-bond acceptors (Lipinski definition) is 5. The molecule has 0 saturated carbocycles. The van der Waals surface area contributed by atoms with Crippen molar-refractivity contribution in [2.45, 2.75) is 129 Å². The average molecular weight is 505 g/mol. The molecule has 0 bridgehead atoms. The quantitative estimate of drug-likeness (QED) is 0.178. The fourth-order valence-corrected chi connectivity index (χ4v) is 4.66. The van der Waals surface area contributed by atoms with Crippen LogP contribution < -0.4 is 20.1 Å². The van der Waals surface area contributed by atoms with Gasteiger partial charge in [0.05, 0.1) is 6.04 Å². The van der Waals surface area contributed by atoms with Crippen LogP contribution in [0, 0.1) is 0 Å². The zero-order chi connectivity index (χ0) is 26.0. The Bertz CT molecular complexity index is 725. The van der Waals surface area contributed by atoms with Crippen LogP contribution in [0.15, 0.2) is 18.2 Å². The molecular formula is C30H52N2O4. The number of unbranched alkanes of at least 4 members (excludes halogenated alkanes) is 12. The maximum atomic E-state index is 12.7. The van der Waals surface area contributed by atoms with E-state index in [2.05, 4.69) is 31.4 Å². The number of hydrogen-bond donors (Lipinski definition) is 3. The molecule has 0 fully saturated rings. The van der Waals surface area contributed by atoms with Crippen molar-refractivity contribution in [2.75, 3.05) is 19.8 Å². The molecule has 0 aromatic heterocycles. The van der Waals surface area contributed by atoms with E-state index in [1.54, 1.807) is 0 Å². The van der Waals surface area contributed by atoms with Crippen LogP contribution in [0.1, 0.15) is 122 Å². The minimum Gasteiger partial charge on any atom is -0.486 e. The van der Waals surface area contributed by atoms with Gasteiger partial charge in [-0.25, -0.2) is 0 Å². The van der Waals surface area contributed by atoms with E-state index in [9.17, 15) is 9.90 Å². The van der Waals surface area contributed by atoms with E-state index < -0.39 is 12.1 Å². The third-order valence-electron chi connectivity index (χ3n) is 6.89. The lowest BCUT2D eigenvalue weighted by Gasteiger charge is -2.27. The van der Waals surface area contributed by atoms with E-state index >= 15 is 0 Å². The van der Waals surface area contributed by atoms with Gasteiger partial charge in [-0.1, -0.05) is 104 Å². The molecule has 0 unspecified atom stereocenters. The minimum absolute atomic E-state index is 0.00484. The van der Waals surface area contributed by atoms with Crippen LogP contribution in [0.3, 0.4) is 0 Å². The van der Waals surface area contributed by atoms with Gasteiger partial charge in [-0.2, -0.15) is 0 Å². The smallest absolute Gasteiger partial charge is 0.220 e. The third-order valence-corrected chi connectivity index (χ3v) is 6.89. The SMILES string of the molecule is CCCCCCCCCCCCCCCC(=O)N[C@H](CNC(C)C)[C@H](O)c1ccc2c(c1)OCCO2. The molecule has 1 aromatic carbocycles. The second-order valence-electron chi connectivity index (χ2n) is 10.6. The maximum absolute atomic E-state index is 12.7. The standard InChI is InChI=1S/C30H52N2O4/c1-4-5-6-7-8-9-10-11-12-13-14-15-16-17-29(33)32-26(23-31-24(2)3)30(34)25-18-19-27-28(22-25)36-21-20-35-27/h18-19,22,24,26,30-31,34H,4-17,20-21,23H2,1-3H3,(H,32,33)/t26-,30-/m1/s1. The van der Waals surface area contributed by atoms with Crippen molar-refractivity contribution in [1.29, 1.82) is 0 Å². The summed E-state index contributed by atoms with van der Waals surface area (Å²) < 4.78 is 11.3. The van der Waals surface area contributed by atoms with Crippen molar-refractivity contribution >= 4 is 5.91 Å². The van der Waals surface area contributed by atoms with Crippen LogP contribution in [0.4, 0.5) is 0 Å². The second-order valence-corrected chi connectivity index (χ2v) is 10.6. The highest BCUT2D eigenvalue weighted by Gasteiger charge is 2.25. The summed E-state index contributed by atoms with van der Waals surface area (Å²) >= 11 is 0. The summed E-state index contributed by atoms with van der Waals surface area (Å²) in [6.45, 7) is 7.91. The van der Waals surface area contributed by atoms with Crippen molar-refractivity contribution < 1.29 is 19.4 Å². The predicted molar refractivity (Wildman–Crippen MR) is 148 cm³/mol. The summed E-state index contributed by atoms with van der Waals surface area (Å²) in [5.41, 5.74) is 0.719. The molecular weight excluding hydrogens is 452 g/mol. The molecule has 1 heterocycles. The van der Waals surface area contributed by atoms with Crippen LogP contribution in [0.2, 0.25) is 0 Å². The first-order valence-corrected chi connectivity index (χ1v) is 14.6. The van der Waals surface area contributed by atoms with Crippen molar-refractivity contribution in [3.8, 4) is 11.5 Å². The molecule has 2 rings (SSSR count). The van der Waals surface area contributed by atoms with Crippen LogP contribution >= 0.6 is 0 Å². The van der Waals surface area contributed by atoms with Crippen LogP contribution in [-0.2, 0) is 4.79 Å². The number of benzene rings is 1. The Morgan fingerprint density at radius 1 is 0.861 bits per heavy atom. The second kappa shape index (κ2) is 18.5. The summed E-state index contributed by atoms with van der Waals surface area (Å²) in [5.74, 6) is 1.34. The maximum Gasteiger partial charge on any atom is 0.220 e. The Hall–Kier alpha value is -1.79. The van der Waals surface area contributed by atoms with E-state index in [0.717, 1.165) is 18.4 Å². The highest BCUT2D eigenvalue weighted by atomic mass is 16.6. The minimum atomic E-state index is -0.831. The van der Waals surface area contributed by atoms with Gasteiger partial charge < -0.3 is 25.2 Å². The number of aliphatic hydroxyl groups excluding tert-OH is 1. The number of fused-ring (bicyclic) bond motifs is 1. The summed E-state index contributed by atoms with van der Waals surface area (Å²) in [4.78, 5) is 12.7. The lowest BCUT2D eigenvalue weighted by atomic mass is 10.0. The number of carbonyl (C=O) groups is 1. The number of aliphatic hydroxyl groups is 1. The zero-order valence-electron chi connectivity index (χ0n) is 23.2. The lowest BCUT2D eigenvalue weighted by molar-refractivity contribution is -0.122. The van der Waals surface area contributed by atoms with E-state index in [0.29, 0.717) is 37.7 Å². The summed E-state index contributed by atoms with van der Waals surface area (Å²) in [6.07, 6.45) is 16.4. The molecule has 0 spiro atoms. The molecule has 206 valence electrons. The Labute approximate surface area is 219 Å². The molecule has 0 radical (unpaired) electrons. The number of nitrogens with one attached hydrogen (secondary N) is 2. The van der Waals surface area contributed by atoms with Crippen molar-refractivity contribution in [3.05, 3.63) is 23.8 Å². The largest absolute Gasteiger partial charge is 0.486 e. The molecule has 3 N–H and O–H groups in total. The number of rotatable bonds is 20. The molecule has 1 aromatic rings. The normalized spacial score (nSPS) is 14.6. The average Bonchev–Trinajstić information content (AvgIpc) is 2.88. The van der Waals surface area contributed by atoms with Gasteiger partial charge in [-0.15, -0.1) is 0 Å². The first kappa shape index (κ1) is 30.4. The first-order chi connectivity index (χ1) is 17.5. The van der Waals surface area contributed by atoms with Gasteiger partial charge in [0.25, 0.3) is 0 Å². The fourth-order valence-electron chi connectivity index (χ4n) is 4.66. The molecule has 1 aliphatic rings. The Morgan fingerprint density at radius 3 is 2.00 bits per heavy atom. The summed E-state index contributed by atoms with van der Waals surface area (Å²) in [7, 11) is 0. The molecule has 0 saturated heterocycles. The lowest BCUT2D eigenvalue weighted by Crippen LogP contribution is -2.47. The van der Waals surface area contributed by atoms with Gasteiger partial charge in [0, 0.05) is 19.0 Å². The number of amides is 1. The predicted octanol–water partition coefficient (Wildman–Crippen LogP) is 6.46.